The molecule has 3 heteroatoms. The lowest BCUT2D eigenvalue weighted by atomic mass is 9.71. The quantitative estimate of drug-likeness (QED) is 0.881. The first-order valence-electron chi connectivity index (χ1n) is 9.08. The third-order valence-electron chi connectivity index (χ3n) is 5.83. The van der Waals surface area contributed by atoms with Gasteiger partial charge in [0.25, 0.3) is 0 Å². The van der Waals surface area contributed by atoms with Gasteiger partial charge in [0.05, 0.1) is 11.2 Å². The van der Waals surface area contributed by atoms with Crippen molar-refractivity contribution in [2.75, 3.05) is 0 Å². The van der Waals surface area contributed by atoms with Crippen LogP contribution in [0, 0.1) is 5.92 Å². The zero-order valence-corrected chi connectivity index (χ0v) is 14.1. The Kier molecular flexibility index (Phi) is 3.83. The van der Waals surface area contributed by atoms with Crippen molar-refractivity contribution in [2.45, 2.75) is 89.1 Å². The minimum absolute atomic E-state index is 0.218. The van der Waals surface area contributed by atoms with E-state index in [2.05, 4.69) is 23.6 Å². The smallest absolute Gasteiger partial charge is 0.114 e. The first-order chi connectivity index (χ1) is 10.3. The summed E-state index contributed by atoms with van der Waals surface area (Å²) in [6.45, 7) is 2.38. The summed E-state index contributed by atoms with van der Waals surface area (Å²) in [6, 6.07) is 0.776. The minimum Gasteiger partial charge on any atom is -0.302 e. The van der Waals surface area contributed by atoms with Crippen LogP contribution in [0.4, 0.5) is 0 Å². The van der Waals surface area contributed by atoms with Crippen molar-refractivity contribution in [1.29, 1.82) is 0 Å². The molecule has 21 heavy (non-hydrogen) atoms. The van der Waals surface area contributed by atoms with E-state index in [1.807, 2.05) is 0 Å². The van der Waals surface area contributed by atoms with Crippen LogP contribution in [0.1, 0.15) is 80.3 Å². The van der Waals surface area contributed by atoms with E-state index in [1.54, 1.807) is 4.88 Å². The lowest BCUT2D eigenvalue weighted by Crippen LogP contribution is -2.51. The highest BCUT2D eigenvalue weighted by Gasteiger charge is 2.46. The number of nitrogens with one attached hydrogen (secondary N) is 1. The Bertz CT molecular complexity index is 482. The van der Waals surface area contributed by atoms with Gasteiger partial charge in [-0.2, -0.15) is 0 Å². The van der Waals surface area contributed by atoms with Crippen molar-refractivity contribution in [3.8, 4) is 0 Å². The van der Waals surface area contributed by atoms with Gasteiger partial charge in [0, 0.05) is 10.9 Å². The molecule has 0 radical (unpaired) electrons. The highest BCUT2D eigenvalue weighted by molar-refractivity contribution is 7.11. The van der Waals surface area contributed by atoms with Crippen molar-refractivity contribution < 1.29 is 0 Å². The molecule has 3 aliphatic carbocycles. The second-order valence-electron chi connectivity index (χ2n) is 7.34. The van der Waals surface area contributed by atoms with Crippen molar-refractivity contribution in [2.24, 2.45) is 5.92 Å². The molecule has 0 saturated heterocycles. The number of fused-ring (bicyclic) bond motifs is 1. The van der Waals surface area contributed by atoms with Crippen molar-refractivity contribution in [3.63, 3.8) is 0 Å². The third-order valence-corrected chi connectivity index (χ3v) is 7.16. The van der Waals surface area contributed by atoms with Crippen LogP contribution in [0.5, 0.6) is 0 Å². The summed E-state index contributed by atoms with van der Waals surface area (Å²) in [5, 5.41) is 5.53. The zero-order valence-electron chi connectivity index (χ0n) is 13.3. The van der Waals surface area contributed by atoms with E-state index < -0.39 is 0 Å². The van der Waals surface area contributed by atoms with Gasteiger partial charge >= 0.3 is 0 Å². The van der Waals surface area contributed by atoms with Crippen LogP contribution < -0.4 is 5.32 Å². The van der Waals surface area contributed by atoms with E-state index in [4.69, 9.17) is 4.98 Å². The largest absolute Gasteiger partial charge is 0.302 e. The number of hydrogen-bond donors (Lipinski definition) is 1. The fourth-order valence-electron chi connectivity index (χ4n) is 4.47. The Morgan fingerprint density at radius 1 is 1.14 bits per heavy atom. The topological polar surface area (TPSA) is 24.9 Å². The molecule has 1 aromatic heterocycles. The standard InChI is InChI=1S/C18H28N2S/c1-2-13-7-5-6-12-18(13,20-14-10-11-14)17-19-15-8-3-4-9-16(15)21-17/h13-14,20H,2-12H2,1H3. The van der Waals surface area contributed by atoms with Crippen LogP contribution >= 0.6 is 11.3 Å². The maximum absolute atomic E-state index is 5.18. The molecule has 2 nitrogen and oxygen atoms in total. The average Bonchev–Trinajstić information content (AvgIpc) is 3.22. The van der Waals surface area contributed by atoms with Crippen LogP contribution in [0.15, 0.2) is 0 Å². The van der Waals surface area contributed by atoms with Gasteiger partial charge in [-0.3, -0.25) is 0 Å². The van der Waals surface area contributed by atoms with Crippen LogP contribution in [-0.4, -0.2) is 11.0 Å². The monoisotopic (exact) mass is 304 g/mol. The first kappa shape index (κ1) is 14.2. The zero-order chi connectivity index (χ0) is 14.3. The summed E-state index contributed by atoms with van der Waals surface area (Å²) in [4.78, 5) is 6.79. The van der Waals surface area contributed by atoms with E-state index in [0.29, 0.717) is 0 Å². The summed E-state index contributed by atoms with van der Waals surface area (Å²) >= 11 is 2.06. The SMILES string of the molecule is CCC1CCCCC1(NC1CC1)c1nc2c(s1)CCCC2. The average molecular weight is 305 g/mol. The molecule has 4 rings (SSSR count). The number of nitrogens with zero attached hydrogens (tertiary/aromatic N) is 1. The van der Waals surface area contributed by atoms with Gasteiger partial charge in [0.15, 0.2) is 0 Å². The molecule has 1 aromatic rings. The van der Waals surface area contributed by atoms with Gasteiger partial charge in [0.1, 0.15) is 5.01 Å². The van der Waals surface area contributed by atoms with E-state index in [9.17, 15) is 0 Å². The van der Waals surface area contributed by atoms with Crippen LogP contribution in [0.25, 0.3) is 0 Å². The summed E-state index contributed by atoms with van der Waals surface area (Å²) in [6.07, 6.45) is 14.8. The highest BCUT2D eigenvalue weighted by atomic mass is 32.1. The second kappa shape index (κ2) is 5.66. The van der Waals surface area contributed by atoms with E-state index in [1.165, 1.54) is 81.3 Å². The fraction of sp³-hybridized carbons (Fsp3) is 0.833. The lowest BCUT2D eigenvalue weighted by Gasteiger charge is -2.43. The maximum Gasteiger partial charge on any atom is 0.114 e. The molecule has 0 aliphatic heterocycles. The van der Waals surface area contributed by atoms with Crippen molar-refractivity contribution in [1.82, 2.24) is 10.3 Å². The molecule has 2 fully saturated rings. The summed E-state index contributed by atoms with van der Waals surface area (Å²) in [7, 11) is 0. The van der Waals surface area contributed by atoms with E-state index >= 15 is 0 Å². The van der Waals surface area contributed by atoms with Crippen molar-refractivity contribution >= 4 is 11.3 Å². The lowest BCUT2D eigenvalue weighted by molar-refractivity contribution is 0.132. The second-order valence-corrected chi connectivity index (χ2v) is 8.42. The molecule has 3 aliphatic rings. The molecule has 1 heterocycles. The number of rotatable bonds is 4. The Morgan fingerprint density at radius 3 is 2.76 bits per heavy atom. The van der Waals surface area contributed by atoms with E-state index in [0.717, 1.165) is 12.0 Å². The highest BCUT2D eigenvalue weighted by Crippen LogP contribution is 2.47. The van der Waals surface area contributed by atoms with Crippen molar-refractivity contribution in [3.05, 3.63) is 15.6 Å². The summed E-state index contributed by atoms with van der Waals surface area (Å²) in [5.74, 6) is 0.791. The number of aromatic nitrogens is 1. The van der Waals surface area contributed by atoms with Gasteiger partial charge in [-0.05, 0) is 57.3 Å². The minimum atomic E-state index is 0.218. The van der Waals surface area contributed by atoms with Crippen LogP contribution in [-0.2, 0) is 18.4 Å². The Labute approximate surface area is 132 Å². The predicted octanol–water partition coefficient (Wildman–Crippen LogP) is 4.57. The molecule has 1 N–H and O–H groups in total. The normalized spacial score (nSPS) is 32.9. The molecule has 116 valence electrons. The molecule has 2 saturated carbocycles. The molecule has 0 spiro atoms. The summed E-state index contributed by atoms with van der Waals surface area (Å²) < 4.78 is 0. The fourth-order valence-corrected chi connectivity index (χ4v) is 5.88. The number of hydrogen-bond acceptors (Lipinski definition) is 3. The Balaban J connectivity index is 1.71. The maximum atomic E-state index is 5.18. The van der Waals surface area contributed by atoms with Gasteiger partial charge in [-0.25, -0.2) is 4.98 Å². The Hall–Kier alpha value is -0.410. The Morgan fingerprint density at radius 2 is 2.00 bits per heavy atom. The number of thiazole rings is 1. The van der Waals surface area contributed by atoms with Gasteiger partial charge < -0.3 is 5.32 Å². The molecule has 2 atom stereocenters. The predicted molar refractivity (Wildman–Crippen MR) is 88.8 cm³/mol. The molecular weight excluding hydrogens is 276 g/mol. The van der Waals surface area contributed by atoms with Gasteiger partial charge in [-0.15, -0.1) is 11.3 Å². The molecule has 0 bridgehead atoms. The molecule has 0 aromatic carbocycles. The van der Waals surface area contributed by atoms with E-state index in [-0.39, 0.29) is 5.54 Å². The molecule has 0 amide bonds. The first-order valence-corrected chi connectivity index (χ1v) is 9.90. The van der Waals surface area contributed by atoms with Gasteiger partial charge in [-0.1, -0.05) is 26.2 Å². The summed E-state index contributed by atoms with van der Waals surface area (Å²) in [5.41, 5.74) is 1.66. The molecular formula is C18H28N2S. The van der Waals surface area contributed by atoms with Gasteiger partial charge in [0.2, 0.25) is 0 Å². The number of aryl methyl sites for hydroxylation is 2. The van der Waals surface area contributed by atoms with Crippen LogP contribution in [0.3, 0.4) is 0 Å². The third kappa shape index (κ3) is 2.57. The van der Waals surface area contributed by atoms with Crippen LogP contribution in [0.2, 0.25) is 0 Å². The molecule has 2 unspecified atom stereocenters.